The van der Waals surface area contributed by atoms with E-state index in [1.165, 1.54) is 5.56 Å². The number of rotatable bonds is 7. The van der Waals surface area contributed by atoms with E-state index in [1.54, 1.807) is 29.5 Å². The van der Waals surface area contributed by atoms with E-state index >= 15 is 0 Å². The van der Waals surface area contributed by atoms with Crippen LogP contribution in [-0.4, -0.2) is 17.6 Å². The topological polar surface area (TPSA) is 50.4 Å². The van der Waals surface area contributed by atoms with Crippen LogP contribution in [0.5, 0.6) is 5.75 Å². The molecule has 0 saturated heterocycles. The summed E-state index contributed by atoms with van der Waals surface area (Å²) >= 11 is 10.3. The molecular formula is C21H19BrN2O2S2. The molecule has 1 aromatic heterocycles. The van der Waals surface area contributed by atoms with Gasteiger partial charge in [0.15, 0.2) is 5.11 Å². The fraction of sp³-hybridized carbons (Fsp3) is 0.143. The molecule has 1 amide bonds. The van der Waals surface area contributed by atoms with Gasteiger partial charge in [-0.3, -0.25) is 10.1 Å². The molecule has 0 spiro atoms. The molecule has 0 aliphatic carbocycles. The van der Waals surface area contributed by atoms with Crippen molar-refractivity contribution >= 4 is 50.5 Å². The van der Waals surface area contributed by atoms with Crippen molar-refractivity contribution in [2.75, 3.05) is 6.61 Å². The second kappa shape index (κ2) is 10.4. The molecule has 0 aliphatic rings. The summed E-state index contributed by atoms with van der Waals surface area (Å²) in [5.41, 5.74) is 1.72. The number of benzene rings is 2. The van der Waals surface area contributed by atoms with E-state index in [1.807, 2.05) is 35.7 Å². The molecule has 0 saturated carbocycles. The molecule has 144 valence electrons. The molecule has 2 aromatic carbocycles. The van der Waals surface area contributed by atoms with E-state index in [0.29, 0.717) is 29.6 Å². The molecule has 1 heterocycles. The maximum Gasteiger partial charge on any atom is 0.257 e. The number of thiophene rings is 1. The summed E-state index contributed by atoms with van der Waals surface area (Å²) in [5.74, 6) is 0.436. The first-order valence-corrected chi connectivity index (χ1v) is 10.8. The van der Waals surface area contributed by atoms with Gasteiger partial charge in [0.2, 0.25) is 0 Å². The number of thiocarbonyl (C=S) groups is 1. The van der Waals surface area contributed by atoms with Crippen molar-refractivity contribution in [3.8, 4) is 5.75 Å². The molecule has 0 atom stereocenters. The summed E-state index contributed by atoms with van der Waals surface area (Å²) in [6.45, 7) is 1.15. The Labute approximate surface area is 182 Å². The Morgan fingerprint density at radius 3 is 2.64 bits per heavy atom. The average molecular weight is 475 g/mol. The van der Waals surface area contributed by atoms with E-state index < -0.39 is 0 Å². The quantitative estimate of drug-likeness (QED) is 0.476. The number of hydrogen-bond donors (Lipinski definition) is 2. The van der Waals surface area contributed by atoms with Crippen LogP contribution < -0.4 is 15.4 Å². The molecule has 3 rings (SSSR count). The Kier molecular flexibility index (Phi) is 7.59. The predicted octanol–water partition coefficient (Wildman–Crippen LogP) is 4.94. The molecule has 3 aromatic rings. The maximum absolute atomic E-state index is 12.4. The molecule has 2 N–H and O–H groups in total. The average Bonchev–Trinajstić information content (AvgIpc) is 3.22. The number of nitrogens with one attached hydrogen (secondary N) is 2. The van der Waals surface area contributed by atoms with Crippen LogP contribution in [-0.2, 0) is 13.0 Å². The molecule has 28 heavy (non-hydrogen) atoms. The van der Waals surface area contributed by atoms with Crippen LogP contribution in [0, 0.1) is 0 Å². The highest BCUT2D eigenvalue weighted by Gasteiger charge is 2.11. The predicted molar refractivity (Wildman–Crippen MR) is 121 cm³/mol. The van der Waals surface area contributed by atoms with Gasteiger partial charge in [-0.15, -0.1) is 11.3 Å². The zero-order chi connectivity index (χ0) is 19.8. The molecule has 7 heteroatoms. The van der Waals surface area contributed by atoms with Crippen LogP contribution in [0.15, 0.2) is 70.5 Å². The van der Waals surface area contributed by atoms with Crippen molar-refractivity contribution in [3.63, 3.8) is 0 Å². The van der Waals surface area contributed by atoms with Gasteiger partial charge in [0.05, 0.1) is 17.6 Å². The minimum absolute atomic E-state index is 0.264. The lowest BCUT2D eigenvalue weighted by molar-refractivity contribution is 0.0976. The maximum atomic E-state index is 12.4. The van der Waals surface area contributed by atoms with Crippen LogP contribution in [0.2, 0.25) is 0 Å². The van der Waals surface area contributed by atoms with E-state index in [0.717, 1.165) is 15.8 Å². The Bertz CT molecular complexity index is 931. The molecular weight excluding hydrogens is 456 g/mol. The van der Waals surface area contributed by atoms with E-state index in [9.17, 15) is 4.79 Å². The van der Waals surface area contributed by atoms with E-state index in [2.05, 4.69) is 38.7 Å². The van der Waals surface area contributed by atoms with Crippen molar-refractivity contribution in [1.29, 1.82) is 0 Å². The fourth-order valence-electron chi connectivity index (χ4n) is 2.48. The lowest BCUT2D eigenvalue weighted by atomic mass is 10.2. The number of carbonyl (C=O) groups excluding carboxylic acids is 1. The highest BCUT2D eigenvalue weighted by atomic mass is 79.9. The Morgan fingerprint density at radius 1 is 1.11 bits per heavy atom. The number of hydrogen-bond acceptors (Lipinski definition) is 4. The lowest BCUT2D eigenvalue weighted by Crippen LogP contribution is -2.38. The molecule has 0 unspecified atom stereocenters. The van der Waals surface area contributed by atoms with Gasteiger partial charge in [0.25, 0.3) is 5.91 Å². The Hall–Kier alpha value is -2.22. The molecule has 0 aliphatic heterocycles. The van der Waals surface area contributed by atoms with Gasteiger partial charge in [0, 0.05) is 16.9 Å². The minimum Gasteiger partial charge on any atom is -0.492 e. The monoisotopic (exact) mass is 474 g/mol. The van der Waals surface area contributed by atoms with Crippen LogP contribution >= 0.6 is 39.5 Å². The number of amides is 1. The fourth-order valence-corrected chi connectivity index (χ4v) is 3.79. The molecule has 0 radical (unpaired) electrons. The summed E-state index contributed by atoms with van der Waals surface area (Å²) in [7, 11) is 0. The van der Waals surface area contributed by atoms with E-state index in [4.69, 9.17) is 17.0 Å². The highest BCUT2D eigenvalue weighted by molar-refractivity contribution is 9.10. The molecule has 4 nitrogen and oxygen atoms in total. The zero-order valence-corrected chi connectivity index (χ0v) is 18.2. The zero-order valence-electron chi connectivity index (χ0n) is 15.0. The minimum atomic E-state index is -0.264. The van der Waals surface area contributed by atoms with Crippen LogP contribution in [0.4, 0.5) is 0 Å². The second-order valence-corrected chi connectivity index (χ2v) is 8.24. The Balaban J connectivity index is 1.49. The molecule has 0 bridgehead atoms. The van der Waals surface area contributed by atoms with Gasteiger partial charge >= 0.3 is 0 Å². The summed E-state index contributed by atoms with van der Waals surface area (Å²) in [6.07, 6.45) is 0.819. The third-order valence-corrected chi connectivity index (χ3v) is 5.66. The van der Waals surface area contributed by atoms with Crippen molar-refractivity contribution < 1.29 is 9.53 Å². The normalized spacial score (nSPS) is 10.3. The second-order valence-electron chi connectivity index (χ2n) is 5.95. The van der Waals surface area contributed by atoms with Gasteiger partial charge in [0.1, 0.15) is 5.75 Å². The SMILES string of the molecule is O=C(NC(=S)NCc1cccs1)c1ccc(OCCc2ccccc2)c(Br)c1. The number of ether oxygens (including phenoxy) is 1. The lowest BCUT2D eigenvalue weighted by Gasteiger charge is -2.11. The third kappa shape index (κ3) is 6.15. The van der Waals surface area contributed by atoms with Crippen molar-refractivity contribution in [1.82, 2.24) is 10.6 Å². The first-order chi connectivity index (χ1) is 13.6. The summed E-state index contributed by atoms with van der Waals surface area (Å²) < 4.78 is 6.55. The summed E-state index contributed by atoms with van der Waals surface area (Å²) in [6, 6.07) is 19.4. The third-order valence-electron chi connectivity index (χ3n) is 3.92. The van der Waals surface area contributed by atoms with Crippen LogP contribution in [0.3, 0.4) is 0 Å². The van der Waals surface area contributed by atoms with Crippen molar-refractivity contribution in [2.45, 2.75) is 13.0 Å². The molecule has 0 fully saturated rings. The van der Waals surface area contributed by atoms with Gasteiger partial charge in [-0.1, -0.05) is 36.4 Å². The largest absolute Gasteiger partial charge is 0.492 e. The smallest absolute Gasteiger partial charge is 0.257 e. The highest BCUT2D eigenvalue weighted by Crippen LogP contribution is 2.26. The van der Waals surface area contributed by atoms with Gasteiger partial charge < -0.3 is 10.1 Å². The van der Waals surface area contributed by atoms with Gasteiger partial charge in [-0.2, -0.15) is 0 Å². The first-order valence-electron chi connectivity index (χ1n) is 8.69. The van der Waals surface area contributed by atoms with Gasteiger partial charge in [-0.25, -0.2) is 0 Å². The van der Waals surface area contributed by atoms with Crippen LogP contribution in [0.25, 0.3) is 0 Å². The first kappa shape index (κ1) is 20.5. The van der Waals surface area contributed by atoms with E-state index in [-0.39, 0.29) is 5.91 Å². The summed E-state index contributed by atoms with van der Waals surface area (Å²) in [4.78, 5) is 13.5. The number of carbonyl (C=O) groups is 1. The van der Waals surface area contributed by atoms with Gasteiger partial charge in [-0.05, 0) is 63.4 Å². The van der Waals surface area contributed by atoms with Crippen LogP contribution in [0.1, 0.15) is 20.8 Å². The standard InChI is InChI=1S/C21H19BrN2O2S2/c22-18-13-16(20(25)24-21(27)23-14-17-7-4-12-28-17)8-9-19(18)26-11-10-15-5-2-1-3-6-15/h1-9,12-13H,10-11,14H2,(H2,23,24,25,27). The number of halogens is 1. The Morgan fingerprint density at radius 2 is 1.93 bits per heavy atom. The van der Waals surface area contributed by atoms with Crippen molar-refractivity contribution in [3.05, 3.63) is 86.5 Å². The van der Waals surface area contributed by atoms with Crippen molar-refractivity contribution in [2.24, 2.45) is 0 Å². The summed E-state index contributed by atoms with van der Waals surface area (Å²) in [5, 5.41) is 8.03.